The SMILES string of the molecule is Cc1nn(-c2ccccn2)c(C)c1[C@H]1C=C[C@@H](NS(=O)(=O)c2cccs2)C1. The van der Waals surface area contributed by atoms with Crippen LogP contribution in [0.3, 0.4) is 0 Å². The predicted molar refractivity (Wildman–Crippen MR) is 106 cm³/mol. The molecule has 0 fully saturated rings. The smallest absolute Gasteiger partial charge is 0.237 e. The Morgan fingerprint density at radius 1 is 1.19 bits per heavy atom. The number of hydrogen-bond donors (Lipinski definition) is 1. The summed E-state index contributed by atoms with van der Waals surface area (Å²) >= 11 is 1.22. The summed E-state index contributed by atoms with van der Waals surface area (Å²) in [7, 11) is -3.48. The minimum Gasteiger partial charge on any atom is -0.237 e. The highest BCUT2D eigenvalue weighted by Crippen LogP contribution is 2.34. The van der Waals surface area contributed by atoms with E-state index in [0.717, 1.165) is 22.8 Å². The van der Waals surface area contributed by atoms with Crippen molar-refractivity contribution in [1.29, 1.82) is 0 Å². The van der Waals surface area contributed by atoms with Gasteiger partial charge in [-0.05, 0) is 43.8 Å². The van der Waals surface area contributed by atoms with E-state index >= 15 is 0 Å². The van der Waals surface area contributed by atoms with Gasteiger partial charge in [0.05, 0.1) is 5.69 Å². The summed E-state index contributed by atoms with van der Waals surface area (Å²) in [4.78, 5) is 4.37. The number of allylic oxidation sites excluding steroid dienone is 1. The van der Waals surface area contributed by atoms with Crippen molar-refractivity contribution in [2.24, 2.45) is 0 Å². The highest BCUT2D eigenvalue weighted by Gasteiger charge is 2.29. The van der Waals surface area contributed by atoms with Gasteiger partial charge in [0.2, 0.25) is 0 Å². The lowest BCUT2D eigenvalue weighted by atomic mass is 9.96. The van der Waals surface area contributed by atoms with E-state index < -0.39 is 10.0 Å². The molecule has 0 spiro atoms. The Labute approximate surface area is 162 Å². The van der Waals surface area contributed by atoms with E-state index in [1.165, 1.54) is 11.3 Å². The zero-order valence-electron chi connectivity index (χ0n) is 15.0. The van der Waals surface area contributed by atoms with Crippen molar-refractivity contribution in [2.75, 3.05) is 0 Å². The van der Waals surface area contributed by atoms with Crippen molar-refractivity contribution in [2.45, 2.75) is 36.4 Å². The minimum atomic E-state index is -3.48. The van der Waals surface area contributed by atoms with Crippen molar-refractivity contribution in [1.82, 2.24) is 19.5 Å². The van der Waals surface area contributed by atoms with Crippen LogP contribution in [0.5, 0.6) is 0 Å². The summed E-state index contributed by atoms with van der Waals surface area (Å²) in [6.45, 7) is 4.01. The first kappa shape index (κ1) is 18.1. The van der Waals surface area contributed by atoms with E-state index in [-0.39, 0.29) is 12.0 Å². The molecular formula is C19H20N4O2S2. The van der Waals surface area contributed by atoms with Gasteiger partial charge in [-0.2, -0.15) is 5.10 Å². The zero-order chi connectivity index (χ0) is 19.0. The number of nitrogens with zero attached hydrogens (tertiary/aromatic N) is 3. The molecule has 0 saturated heterocycles. The summed E-state index contributed by atoms with van der Waals surface area (Å²) in [6, 6.07) is 8.87. The predicted octanol–water partition coefficient (Wildman–Crippen LogP) is 3.34. The Bertz CT molecular complexity index is 1070. The first-order chi connectivity index (χ1) is 13.0. The first-order valence-electron chi connectivity index (χ1n) is 8.67. The van der Waals surface area contributed by atoms with Gasteiger partial charge in [0.25, 0.3) is 10.0 Å². The van der Waals surface area contributed by atoms with Gasteiger partial charge in [-0.1, -0.05) is 24.3 Å². The Hall–Kier alpha value is -2.29. The number of aryl methyl sites for hydroxylation is 1. The van der Waals surface area contributed by atoms with Crippen LogP contribution in [-0.4, -0.2) is 29.2 Å². The highest BCUT2D eigenvalue weighted by molar-refractivity contribution is 7.91. The van der Waals surface area contributed by atoms with Gasteiger partial charge >= 0.3 is 0 Å². The molecule has 1 aliphatic carbocycles. The van der Waals surface area contributed by atoms with Crippen LogP contribution in [0.1, 0.15) is 29.3 Å². The third-order valence-electron chi connectivity index (χ3n) is 4.73. The van der Waals surface area contributed by atoms with Crippen LogP contribution < -0.4 is 4.72 Å². The molecule has 0 radical (unpaired) electrons. The van der Waals surface area contributed by atoms with Gasteiger partial charge in [0.15, 0.2) is 5.82 Å². The fraction of sp³-hybridized carbons (Fsp3) is 0.263. The molecule has 27 heavy (non-hydrogen) atoms. The lowest BCUT2D eigenvalue weighted by molar-refractivity contribution is 0.565. The molecule has 8 heteroatoms. The molecule has 0 saturated carbocycles. The lowest BCUT2D eigenvalue weighted by Gasteiger charge is -2.14. The second-order valence-corrected chi connectivity index (χ2v) is 9.46. The van der Waals surface area contributed by atoms with Crippen LogP contribution in [0.15, 0.2) is 58.3 Å². The quantitative estimate of drug-likeness (QED) is 0.667. The Balaban J connectivity index is 1.55. The Morgan fingerprint density at radius 3 is 2.74 bits per heavy atom. The average molecular weight is 401 g/mol. The maximum Gasteiger partial charge on any atom is 0.250 e. The van der Waals surface area contributed by atoms with Gasteiger partial charge in [-0.25, -0.2) is 22.8 Å². The maximum absolute atomic E-state index is 12.5. The Morgan fingerprint density at radius 2 is 2.04 bits per heavy atom. The fourth-order valence-electron chi connectivity index (χ4n) is 3.57. The number of sulfonamides is 1. The molecule has 0 bridgehead atoms. The number of pyridine rings is 1. The van der Waals surface area contributed by atoms with Gasteiger partial charge in [0.1, 0.15) is 4.21 Å². The third-order valence-corrected chi connectivity index (χ3v) is 7.62. The summed E-state index contributed by atoms with van der Waals surface area (Å²) in [5.41, 5.74) is 3.10. The molecule has 6 nitrogen and oxygen atoms in total. The summed E-state index contributed by atoms with van der Waals surface area (Å²) in [5.74, 6) is 0.903. The molecule has 0 amide bonds. The standard InChI is InChI=1S/C19H20N4O2S2/c1-13-19(14(2)23(21-13)17-6-3-4-10-20-17)15-8-9-16(12-15)22-27(24,25)18-7-5-11-26-18/h3-11,15-16,22H,12H2,1-2H3/t15-,16+/m0/s1. The second kappa shape index (κ2) is 7.03. The molecular weight excluding hydrogens is 380 g/mol. The third kappa shape index (κ3) is 3.47. The van der Waals surface area contributed by atoms with E-state index in [1.807, 2.05) is 42.8 Å². The fourth-order valence-corrected chi connectivity index (χ4v) is 5.78. The van der Waals surface area contributed by atoms with E-state index in [1.54, 1.807) is 23.7 Å². The second-order valence-electron chi connectivity index (χ2n) is 6.57. The normalized spacial score (nSPS) is 19.6. The van der Waals surface area contributed by atoms with Crippen molar-refractivity contribution in [3.05, 3.63) is 71.0 Å². The number of thiophene rings is 1. The van der Waals surface area contributed by atoms with Crippen LogP contribution in [0.25, 0.3) is 5.82 Å². The maximum atomic E-state index is 12.5. The lowest BCUT2D eigenvalue weighted by Crippen LogP contribution is -2.32. The van der Waals surface area contributed by atoms with Crippen molar-refractivity contribution in [3.8, 4) is 5.82 Å². The van der Waals surface area contributed by atoms with Crippen LogP contribution in [-0.2, 0) is 10.0 Å². The summed E-state index contributed by atoms with van der Waals surface area (Å²) in [5, 5.41) is 6.41. The van der Waals surface area contributed by atoms with Crippen molar-refractivity contribution < 1.29 is 8.42 Å². The van der Waals surface area contributed by atoms with Gasteiger partial charge < -0.3 is 0 Å². The molecule has 0 unspecified atom stereocenters. The number of hydrogen-bond acceptors (Lipinski definition) is 5. The van der Waals surface area contributed by atoms with Crippen LogP contribution >= 0.6 is 11.3 Å². The molecule has 1 N–H and O–H groups in total. The molecule has 140 valence electrons. The van der Waals surface area contributed by atoms with E-state index in [0.29, 0.717) is 10.6 Å². The van der Waals surface area contributed by atoms with Gasteiger partial charge in [-0.15, -0.1) is 11.3 Å². The molecule has 3 aromatic heterocycles. The zero-order valence-corrected chi connectivity index (χ0v) is 16.7. The van der Waals surface area contributed by atoms with E-state index in [2.05, 4.69) is 20.9 Å². The van der Waals surface area contributed by atoms with E-state index in [9.17, 15) is 8.42 Å². The van der Waals surface area contributed by atoms with Crippen LogP contribution in [0.2, 0.25) is 0 Å². The largest absolute Gasteiger partial charge is 0.250 e. The number of aromatic nitrogens is 3. The van der Waals surface area contributed by atoms with Crippen molar-refractivity contribution in [3.63, 3.8) is 0 Å². The first-order valence-corrected chi connectivity index (χ1v) is 11.0. The Kier molecular flexibility index (Phi) is 4.71. The van der Waals surface area contributed by atoms with Gasteiger partial charge in [0, 0.05) is 29.4 Å². The monoisotopic (exact) mass is 400 g/mol. The van der Waals surface area contributed by atoms with Crippen LogP contribution in [0.4, 0.5) is 0 Å². The topological polar surface area (TPSA) is 76.9 Å². The molecule has 0 aromatic carbocycles. The molecule has 3 aromatic rings. The number of rotatable bonds is 5. The molecule has 2 atom stereocenters. The summed E-state index contributed by atoms with van der Waals surface area (Å²) < 4.78 is 29.9. The molecule has 3 heterocycles. The highest BCUT2D eigenvalue weighted by atomic mass is 32.2. The number of nitrogens with one attached hydrogen (secondary N) is 1. The van der Waals surface area contributed by atoms with Crippen molar-refractivity contribution >= 4 is 21.4 Å². The average Bonchev–Trinajstić information content (AvgIpc) is 3.37. The minimum absolute atomic E-state index is 0.124. The van der Waals surface area contributed by atoms with Crippen LogP contribution in [0, 0.1) is 13.8 Å². The summed E-state index contributed by atoms with van der Waals surface area (Å²) in [6.07, 6.45) is 6.44. The van der Waals surface area contributed by atoms with Gasteiger partial charge in [-0.3, -0.25) is 0 Å². The molecule has 0 aliphatic heterocycles. The molecule has 4 rings (SSSR count). The molecule has 1 aliphatic rings. The van der Waals surface area contributed by atoms with E-state index in [4.69, 9.17) is 0 Å².